The first kappa shape index (κ1) is 25.5. The van der Waals surface area contributed by atoms with Crippen molar-refractivity contribution in [2.75, 3.05) is 13.6 Å². The van der Waals surface area contributed by atoms with E-state index in [1.165, 1.54) is 35.6 Å². The Kier molecular flexibility index (Phi) is 8.48. The van der Waals surface area contributed by atoms with Gasteiger partial charge in [-0.15, -0.1) is 0 Å². The molecule has 3 rings (SSSR count). The molecule has 1 aromatic carbocycles. The second-order valence-electron chi connectivity index (χ2n) is 7.62. The van der Waals surface area contributed by atoms with Crippen LogP contribution in [0.5, 0.6) is 0 Å². The molecular weight excluding hydrogens is 465 g/mol. The van der Waals surface area contributed by atoms with E-state index < -0.39 is 29.0 Å². The number of fused-ring (bicyclic) bond motifs is 1. The second kappa shape index (κ2) is 11.3. The quantitative estimate of drug-likeness (QED) is 0.310. The van der Waals surface area contributed by atoms with Crippen LogP contribution in [-0.2, 0) is 29.0 Å². The molecular formula is C23H25FN3O6S-. The van der Waals surface area contributed by atoms with Crippen molar-refractivity contribution in [2.45, 2.75) is 39.2 Å². The van der Waals surface area contributed by atoms with Crippen molar-refractivity contribution in [3.05, 3.63) is 53.0 Å². The molecule has 34 heavy (non-hydrogen) atoms. The average molecular weight is 491 g/mol. The minimum Gasteiger partial charge on any atom is -0.760 e. The molecule has 2 aromatic heterocycles. The maximum Gasteiger partial charge on any atom is 0.303 e. The van der Waals surface area contributed by atoms with Crippen LogP contribution < -0.4 is 5.32 Å². The Bertz CT molecular complexity index is 1210. The first-order chi connectivity index (χ1) is 16.2. The summed E-state index contributed by atoms with van der Waals surface area (Å²) in [5.41, 5.74) is 2.13. The molecule has 0 bridgehead atoms. The molecule has 0 fully saturated rings. The normalized spacial score (nSPS) is 12.3. The number of pyridine rings is 1. The first-order valence-corrected chi connectivity index (χ1v) is 11.8. The van der Waals surface area contributed by atoms with Crippen molar-refractivity contribution in [3.63, 3.8) is 0 Å². The van der Waals surface area contributed by atoms with Gasteiger partial charge in [0.25, 0.3) is 5.91 Å². The Morgan fingerprint density at radius 1 is 1.26 bits per heavy atom. The lowest BCUT2D eigenvalue weighted by atomic mass is 10.0. The summed E-state index contributed by atoms with van der Waals surface area (Å²) in [6, 6.07) is 7.28. The van der Waals surface area contributed by atoms with E-state index in [0.717, 1.165) is 5.56 Å². The van der Waals surface area contributed by atoms with Crippen LogP contribution in [-0.4, -0.2) is 48.6 Å². The van der Waals surface area contributed by atoms with Crippen LogP contribution in [0.3, 0.4) is 0 Å². The molecule has 3 aromatic rings. The fourth-order valence-corrected chi connectivity index (χ4v) is 4.14. The molecule has 0 spiro atoms. The van der Waals surface area contributed by atoms with E-state index in [9.17, 15) is 22.7 Å². The number of halogens is 1. The van der Waals surface area contributed by atoms with Crippen LogP contribution >= 0.6 is 0 Å². The smallest absolute Gasteiger partial charge is 0.303 e. The molecule has 1 unspecified atom stereocenters. The van der Waals surface area contributed by atoms with E-state index in [1.54, 1.807) is 6.07 Å². The molecule has 0 aliphatic heterocycles. The third-order valence-electron chi connectivity index (χ3n) is 5.38. The number of carboxylic acids is 1. The third-order valence-corrected chi connectivity index (χ3v) is 6.11. The maximum atomic E-state index is 13.4. The van der Waals surface area contributed by atoms with Gasteiger partial charge in [-0.1, -0.05) is 6.92 Å². The van der Waals surface area contributed by atoms with E-state index >= 15 is 0 Å². The zero-order valence-corrected chi connectivity index (χ0v) is 19.6. The van der Waals surface area contributed by atoms with Gasteiger partial charge in [-0.2, -0.15) is 0 Å². The summed E-state index contributed by atoms with van der Waals surface area (Å²) in [5, 5.41) is 11.8. The van der Waals surface area contributed by atoms with E-state index in [-0.39, 0.29) is 36.5 Å². The Morgan fingerprint density at radius 2 is 1.97 bits per heavy atom. The molecule has 182 valence electrons. The fraction of sp³-hybridized carbons (Fsp3) is 0.348. The number of benzene rings is 1. The van der Waals surface area contributed by atoms with E-state index in [2.05, 4.69) is 10.3 Å². The summed E-state index contributed by atoms with van der Waals surface area (Å²) in [4.78, 5) is 27.9. The molecule has 2 heterocycles. The number of unbranched alkanes of at least 4 members (excludes halogenated alkanes) is 1. The summed E-state index contributed by atoms with van der Waals surface area (Å²) >= 11 is -2.54. The lowest BCUT2D eigenvalue weighted by Gasteiger charge is -2.24. The monoisotopic (exact) mass is 490 g/mol. The lowest BCUT2D eigenvalue weighted by Crippen LogP contribution is -2.27. The van der Waals surface area contributed by atoms with Gasteiger partial charge in [0.05, 0.1) is 23.2 Å². The van der Waals surface area contributed by atoms with Crippen LogP contribution in [0.1, 0.15) is 47.8 Å². The third kappa shape index (κ3) is 5.85. The number of amides is 1. The number of hydrogen-bond donors (Lipinski definition) is 2. The minimum absolute atomic E-state index is 0.0236. The van der Waals surface area contributed by atoms with Crippen LogP contribution in [0.15, 0.2) is 34.7 Å². The van der Waals surface area contributed by atoms with Gasteiger partial charge in [-0.25, -0.2) is 13.7 Å². The van der Waals surface area contributed by atoms with E-state index in [0.29, 0.717) is 35.9 Å². The standard InChI is InChI=1S/C23H26FN3O6S/c1-3-14-12-17-20(22(30)25-2)21(15-7-9-16(24)10-8-15)33-23(17)26-18(14)13-27(34(31)32)11-5-4-6-19(28)29/h7-10,12H,3-6,11,13H2,1-2H3,(H,25,30)(H,28,29)(H,31,32)/p-1. The molecule has 0 radical (unpaired) electrons. The highest BCUT2D eigenvalue weighted by Gasteiger charge is 2.24. The van der Waals surface area contributed by atoms with Crippen LogP contribution in [0.4, 0.5) is 4.39 Å². The van der Waals surface area contributed by atoms with Crippen LogP contribution in [0.25, 0.3) is 22.4 Å². The number of nitrogens with one attached hydrogen (secondary N) is 1. The average Bonchev–Trinajstić information content (AvgIpc) is 3.18. The van der Waals surface area contributed by atoms with Gasteiger partial charge in [0, 0.05) is 36.8 Å². The van der Waals surface area contributed by atoms with Gasteiger partial charge in [0.15, 0.2) is 0 Å². The zero-order valence-electron chi connectivity index (χ0n) is 18.8. The Labute approximate surface area is 198 Å². The van der Waals surface area contributed by atoms with Crippen molar-refractivity contribution in [1.29, 1.82) is 0 Å². The van der Waals surface area contributed by atoms with Gasteiger partial charge in [0.1, 0.15) is 11.6 Å². The molecule has 11 heteroatoms. The highest BCUT2D eigenvalue weighted by molar-refractivity contribution is 7.76. The largest absolute Gasteiger partial charge is 0.760 e. The second-order valence-corrected chi connectivity index (χ2v) is 8.57. The summed E-state index contributed by atoms with van der Waals surface area (Å²) in [6.07, 6.45) is 1.23. The summed E-state index contributed by atoms with van der Waals surface area (Å²) in [5.74, 6) is -1.52. The Hall–Kier alpha value is -3.15. The molecule has 9 nitrogen and oxygen atoms in total. The predicted octanol–water partition coefficient (Wildman–Crippen LogP) is 3.41. The SMILES string of the molecule is CCc1cc2c(C(=O)NC)c(-c3ccc(F)cc3)oc2nc1CN(CCCCC(=O)O)S(=O)[O-]. The number of carbonyl (C=O) groups is 2. The summed E-state index contributed by atoms with van der Waals surface area (Å²) in [6.45, 7) is 2.01. The minimum atomic E-state index is -2.54. The predicted molar refractivity (Wildman–Crippen MR) is 123 cm³/mol. The number of furan rings is 1. The van der Waals surface area contributed by atoms with Crippen molar-refractivity contribution in [2.24, 2.45) is 0 Å². The van der Waals surface area contributed by atoms with Crippen LogP contribution in [0, 0.1) is 5.82 Å². The molecule has 0 aliphatic rings. The molecule has 0 aliphatic carbocycles. The molecule has 2 N–H and O–H groups in total. The molecule has 0 saturated heterocycles. The number of aromatic nitrogens is 1. The molecule has 1 atom stereocenters. The zero-order chi connectivity index (χ0) is 24.8. The summed E-state index contributed by atoms with van der Waals surface area (Å²) in [7, 11) is 1.49. The Morgan fingerprint density at radius 3 is 2.56 bits per heavy atom. The molecule has 0 saturated carbocycles. The Balaban J connectivity index is 2.01. The number of carboxylic acid groups (broad SMARTS) is 1. The van der Waals surface area contributed by atoms with Crippen molar-refractivity contribution in [1.82, 2.24) is 14.6 Å². The number of rotatable bonds is 11. The van der Waals surface area contributed by atoms with Gasteiger partial charge in [0.2, 0.25) is 5.71 Å². The van der Waals surface area contributed by atoms with Gasteiger partial charge >= 0.3 is 5.97 Å². The van der Waals surface area contributed by atoms with Gasteiger partial charge < -0.3 is 19.4 Å². The van der Waals surface area contributed by atoms with Crippen LogP contribution in [0.2, 0.25) is 0 Å². The fourth-order valence-electron chi connectivity index (χ4n) is 3.64. The van der Waals surface area contributed by atoms with Crippen molar-refractivity contribution in [3.8, 4) is 11.3 Å². The van der Waals surface area contributed by atoms with Gasteiger partial charge in [-0.3, -0.25) is 13.8 Å². The number of hydrogen-bond acceptors (Lipinski definition) is 6. The number of carbonyl (C=O) groups excluding carboxylic acids is 1. The highest BCUT2D eigenvalue weighted by Crippen LogP contribution is 2.34. The lowest BCUT2D eigenvalue weighted by molar-refractivity contribution is -0.137. The first-order valence-electron chi connectivity index (χ1n) is 10.7. The molecule has 1 amide bonds. The summed E-state index contributed by atoms with van der Waals surface area (Å²) < 4.78 is 44.1. The maximum absolute atomic E-state index is 13.4. The highest BCUT2D eigenvalue weighted by atomic mass is 32.2. The van der Waals surface area contributed by atoms with Gasteiger partial charge in [-0.05, 0) is 55.2 Å². The van der Waals surface area contributed by atoms with Crippen molar-refractivity contribution >= 4 is 34.2 Å². The topological polar surface area (TPSA) is 136 Å². The van der Waals surface area contributed by atoms with E-state index in [1.807, 2.05) is 6.92 Å². The number of nitrogens with zero attached hydrogens (tertiary/aromatic N) is 2. The van der Waals surface area contributed by atoms with Crippen molar-refractivity contribution < 1.29 is 32.3 Å². The number of aliphatic carboxylic acids is 1. The van der Waals surface area contributed by atoms with E-state index in [4.69, 9.17) is 9.52 Å². The number of aryl methyl sites for hydroxylation is 1.